The third kappa shape index (κ3) is 5.92. The summed E-state index contributed by atoms with van der Waals surface area (Å²) < 4.78 is 40.7. The molecule has 0 radical (unpaired) electrons. The summed E-state index contributed by atoms with van der Waals surface area (Å²) in [7, 11) is 0. The topological polar surface area (TPSA) is 53.1 Å². The number of benzene rings is 1. The van der Waals surface area contributed by atoms with Crippen LogP contribution in [0.25, 0.3) is 0 Å². The van der Waals surface area contributed by atoms with E-state index in [2.05, 4.69) is 27.5 Å². The van der Waals surface area contributed by atoms with Gasteiger partial charge in [0.1, 0.15) is 5.82 Å². The summed E-state index contributed by atoms with van der Waals surface area (Å²) >= 11 is 11.5. The Kier molecular flexibility index (Phi) is 7.52. The summed E-state index contributed by atoms with van der Waals surface area (Å²) in [4.78, 5) is 9.97. The molecule has 1 saturated carbocycles. The van der Waals surface area contributed by atoms with E-state index >= 15 is 0 Å². The van der Waals surface area contributed by atoms with Gasteiger partial charge in [-0.15, -0.1) is 0 Å². The first-order chi connectivity index (χ1) is 16.1. The van der Waals surface area contributed by atoms with Crippen molar-refractivity contribution < 1.29 is 13.2 Å². The molecule has 184 valence electrons. The Bertz CT molecular complexity index is 1010. The maximum atomic E-state index is 13.6. The third-order valence-corrected chi connectivity index (χ3v) is 7.31. The Morgan fingerprint density at radius 2 is 1.88 bits per heavy atom. The molecule has 0 spiro atoms. The van der Waals surface area contributed by atoms with Crippen molar-refractivity contribution in [2.45, 2.75) is 57.0 Å². The van der Waals surface area contributed by atoms with E-state index in [9.17, 15) is 13.2 Å². The van der Waals surface area contributed by atoms with Crippen LogP contribution in [0.1, 0.15) is 56.7 Å². The van der Waals surface area contributed by atoms with Gasteiger partial charge < -0.3 is 15.5 Å². The van der Waals surface area contributed by atoms with Crippen LogP contribution in [0, 0.1) is 5.92 Å². The van der Waals surface area contributed by atoms with E-state index in [4.69, 9.17) is 23.8 Å². The fourth-order valence-electron chi connectivity index (χ4n) is 5.01. The van der Waals surface area contributed by atoms with Crippen LogP contribution >= 0.6 is 23.8 Å². The van der Waals surface area contributed by atoms with Gasteiger partial charge in [-0.05, 0) is 61.5 Å². The van der Waals surface area contributed by atoms with Gasteiger partial charge in [0.2, 0.25) is 5.95 Å². The molecule has 2 N–H and O–H groups in total. The lowest BCUT2D eigenvalue weighted by Crippen LogP contribution is -2.41. The van der Waals surface area contributed by atoms with Crippen LogP contribution in [-0.2, 0) is 11.6 Å². The molecule has 1 aliphatic heterocycles. The molecule has 5 nitrogen and oxygen atoms in total. The second kappa shape index (κ2) is 10.2. The highest BCUT2D eigenvalue weighted by Crippen LogP contribution is 2.41. The Balaban J connectivity index is 1.49. The number of aromatic nitrogens is 2. The van der Waals surface area contributed by atoms with E-state index in [0.29, 0.717) is 30.6 Å². The predicted molar refractivity (Wildman–Crippen MR) is 133 cm³/mol. The van der Waals surface area contributed by atoms with Crippen LogP contribution in [0.5, 0.6) is 0 Å². The quantitative estimate of drug-likeness (QED) is 0.467. The van der Waals surface area contributed by atoms with Crippen molar-refractivity contribution in [3.8, 4) is 0 Å². The van der Waals surface area contributed by atoms with Crippen molar-refractivity contribution in [2.24, 2.45) is 5.92 Å². The lowest BCUT2D eigenvalue weighted by atomic mass is 9.79. The van der Waals surface area contributed by atoms with Crippen LogP contribution in [0.15, 0.2) is 30.3 Å². The number of halogens is 4. The summed E-state index contributed by atoms with van der Waals surface area (Å²) in [5.74, 6) is 0.521. The molecule has 2 aliphatic rings. The summed E-state index contributed by atoms with van der Waals surface area (Å²) in [6.45, 7) is 4.00. The average molecular weight is 512 g/mol. The van der Waals surface area contributed by atoms with Gasteiger partial charge in [0.25, 0.3) is 0 Å². The fraction of sp³-hybridized carbons (Fsp3) is 0.542. The van der Waals surface area contributed by atoms with Crippen molar-refractivity contribution in [1.82, 2.24) is 15.3 Å². The van der Waals surface area contributed by atoms with Gasteiger partial charge >= 0.3 is 6.18 Å². The monoisotopic (exact) mass is 511 g/mol. The number of thiocarbonyl (C=S) groups is 1. The van der Waals surface area contributed by atoms with Gasteiger partial charge in [-0.25, -0.2) is 4.98 Å². The van der Waals surface area contributed by atoms with Crippen LogP contribution in [0.2, 0.25) is 5.02 Å². The summed E-state index contributed by atoms with van der Waals surface area (Å²) in [6.07, 6.45) is 1.62. The predicted octanol–water partition coefficient (Wildman–Crippen LogP) is 6.18. The number of piperidine rings is 1. The van der Waals surface area contributed by atoms with E-state index in [1.807, 2.05) is 29.2 Å². The van der Waals surface area contributed by atoms with E-state index in [1.54, 1.807) is 0 Å². The van der Waals surface area contributed by atoms with E-state index in [1.165, 1.54) is 5.56 Å². The summed E-state index contributed by atoms with van der Waals surface area (Å²) in [5, 5.41) is 6.89. The van der Waals surface area contributed by atoms with Crippen molar-refractivity contribution in [2.75, 3.05) is 29.9 Å². The van der Waals surface area contributed by atoms with E-state index < -0.39 is 11.9 Å². The highest BCUT2D eigenvalue weighted by atomic mass is 35.5. The van der Waals surface area contributed by atoms with Gasteiger partial charge in [-0.2, -0.15) is 18.2 Å². The average Bonchev–Trinajstić information content (AvgIpc) is 3.27. The summed E-state index contributed by atoms with van der Waals surface area (Å²) in [5.41, 5.74) is 0.107. The first-order valence-electron chi connectivity index (χ1n) is 11.7. The first-order valence-corrected chi connectivity index (χ1v) is 12.5. The smallest absolute Gasteiger partial charge is 0.361 e. The van der Waals surface area contributed by atoms with E-state index in [0.717, 1.165) is 44.6 Å². The second-order valence-electron chi connectivity index (χ2n) is 9.43. The summed E-state index contributed by atoms with van der Waals surface area (Å²) in [6, 6.07) is 8.86. The molecule has 10 heteroatoms. The number of hydrogen-bond acceptors (Lipinski definition) is 4. The number of nitrogens with zero attached hydrogens (tertiary/aromatic N) is 3. The molecular weight excluding hydrogens is 483 g/mol. The molecule has 2 heterocycles. The van der Waals surface area contributed by atoms with Crippen LogP contribution < -0.4 is 15.5 Å². The van der Waals surface area contributed by atoms with Crippen LogP contribution in [0.3, 0.4) is 0 Å². The number of hydrogen-bond donors (Lipinski definition) is 2. The normalized spacial score (nSPS) is 20.3. The lowest BCUT2D eigenvalue weighted by Gasteiger charge is -2.32. The van der Waals surface area contributed by atoms with Gasteiger partial charge in [-0.1, -0.05) is 43.5 Å². The highest BCUT2D eigenvalue weighted by molar-refractivity contribution is 7.80. The lowest BCUT2D eigenvalue weighted by molar-refractivity contribution is -0.141. The molecule has 34 heavy (non-hydrogen) atoms. The Morgan fingerprint density at radius 3 is 2.53 bits per heavy atom. The zero-order chi connectivity index (χ0) is 24.3. The molecule has 0 bridgehead atoms. The maximum Gasteiger partial charge on any atom is 0.433 e. The Labute approximate surface area is 208 Å². The van der Waals surface area contributed by atoms with Crippen molar-refractivity contribution in [3.05, 3.63) is 46.6 Å². The molecule has 2 fully saturated rings. The molecule has 4 rings (SSSR count). The molecule has 1 atom stereocenters. The largest absolute Gasteiger partial charge is 0.433 e. The minimum Gasteiger partial charge on any atom is -0.361 e. The molecule has 1 saturated heterocycles. The van der Waals surface area contributed by atoms with Crippen LogP contribution in [-0.4, -0.2) is 34.7 Å². The molecule has 1 aromatic carbocycles. The zero-order valence-electron chi connectivity index (χ0n) is 19.1. The Morgan fingerprint density at radius 1 is 1.18 bits per heavy atom. The third-order valence-electron chi connectivity index (χ3n) is 6.81. The van der Waals surface area contributed by atoms with Crippen molar-refractivity contribution >= 4 is 40.7 Å². The van der Waals surface area contributed by atoms with Gasteiger partial charge in [0.05, 0.1) is 0 Å². The highest BCUT2D eigenvalue weighted by Gasteiger charge is 2.36. The molecule has 0 unspecified atom stereocenters. The standard InChI is InChI=1S/C24H29ClF3N5S/c1-16-5-4-12-33(14-16)20-13-19(24(26,27)28)30-21(31-20)32-22(34)29-15-23(10-2-3-11-23)17-6-8-18(25)9-7-17/h6-9,13,16H,2-5,10-12,14-15H2,1H3,(H2,29,30,31,32,34)/t16-/m0/s1. The maximum absolute atomic E-state index is 13.6. The van der Waals surface area contributed by atoms with Crippen molar-refractivity contribution in [1.29, 1.82) is 0 Å². The molecule has 1 aliphatic carbocycles. The molecule has 2 aromatic rings. The second-order valence-corrected chi connectivity index (χ2v) is 10.3. The van der Waals surface area contributed by atoms with Crippen molar-refractivity contribution in [3.63, 3.8) is 0 Å². The molecule has 1 aromatic heterocycles. The minimum absolute atomic E-state index is 0.0971. The first kappa shape index (κ1) is 25.0. The van der Waals surface area contributed by atoms with Gasteiger partial charge in [-0.3, -0.25) is 0 Å². The molecule has 0 amide bonds. The Hall–Kier alpha value is -2.13. The number of nitrogens with one attached hydrogen (secondary N) is 2. The number of alkyl halides is 3. The van der Waals surface area contributed by atoms with Gasteiger partial charge in [0, 0.05) is 36.1 Å². The number of anilines is 2. The van der Waals surface area contributed by atoms with E-state index in [-0.39, 0.29) is 22.3 Å². The van der Waals surface area contributed by atoms with Crippen LogP contribution in [0.4, 0.5) is 24.9 Å². The van der Waals surface area contributed by atoms with Gasteiger partial charge in [0.15, 0.2) is 10.8 Å². The number of rotatable bonds is 5. The zero-order valence-corrected chi connectivity index (χ0v) is 20.7. The SMILES string of the molecule is C[C@H]1CCCN(c2cc(C(F)(F)F)nc(NC(=S)NCC3(c4ccc(Cl)cc4)CCCC3)n2)C1. The molecular formula is C24H29ClF3N5S. The minimum atomic E-state index is -4.58. The fourth-order valence-corrected chi connectivity index (χ4v) is 5.30.